The number of methoxy groups -OCH3 is 1. The van der Waals surface area contributed by atoms with E-state index in [1.165, 1.54) is 19.3 Å². The van der Waals surface area contributed by atoms with Gasteiger partial charge in [0.05, 0.1) is 7.11 Å². The number of nitrogens with zero attached hydrogens (tertiary/aromatic N) is 3. The summed E-state index contributed by atoms with van der Waals surface area (Å²) in [7, 11) is 1.63. The quantitative estimate of drug-likeness (QED) is 0.810. The molecule has 3 rings (SSSR count). The summed E-state index contributed by atoms with van der Waals surface area (Å²) in [5, 5.41) is 11.5. The molecule has 0 spiro atoms. The number of nitrogens with one attached hydrogen (secondary N) is 1. The van der Waals surface area contributed by atoms with Crippen LogP contribution in [0.2, 0.25) is 0 Å². The van der Waals surface area contributed by atoms with Gasteiger partial charge in [0.15, 0.2) is 0 Å². The van der Waals surface area contributed by atoms with Crippen LogP contribution in [-0.4, -0.2) is 34.3 Å². The highest BCUT2D eigenvalue weighted by atomic mass is 16.5. The first-order valence-electron chi connectivity index (χ1n) is 9.19. The van der Waals surface area contributed by atoms with Gasteiger partial charge in [0, 0.05) is 37.6 Å². The van der Waals surface area contributed by atoms with E-state index in [0.29, 0.717) is 13.0 Å². The molecule has 1 aromatic carbocycles. The zero-order valence-electron chi connectivity index (χ0n) is 15.5. The smallest absolute Gasteiger partial charge is 0.244 e. The van der Waals surface area contributed by atoms with E-state index >= 15 is 0 Å². The first kappa shape index (κ1) is 18.2. The Bertz CT molecular complexity index is 795. The highest BCUT2D eigenvalue weighted by Gasteiger charge is 2.14. The van der Waals surface area contributed by atoms with Crippen LogP contribution < -0.4 is 10.1 Å². The van der Waals surface area contributed by atoms with Gasteiger partial charge in [-0.1, -0.05) is 18.1 Å². The Hall–Kier alpha value is -2.63. The minimum atomic E-state index is -0.121. The molecule has 0 fully saturated rings. The number of aryl methyl sites for hydroxylation is 2. The summed E-state index contributed by atoms with van der Waals surface area (Å²) in [4.78, 5) is 12.1. The van der Waals surface area contributed by atoms with Crippen LogP contribution in [0.1, 0.15) is 42.0 Å². The second-order valence-corrected chi connectivity index (χ2v) is 6.61. The van der Waals surface area contributed by atoms with Crippen molar-refractivity contribution < 1.29 is 9.53 Å². The first-order chi connectivity index (χ1) is 12.7. The number of fused-ring (bicyclic) bond motifs is 1. The highest BCUT2D eigenvalue weighted by Crippen LogP contribution is 2.20. The highest BCUT2D eigenvalue weighted by molar-refractivity contribution is 5.92. The van der Waals surface area contributed by atoms with Crippen molar-refractivity contribution in [2.45, 2.75) is 45.6 Å². The monoisotopic (exact) mass is 354 g/mol. The van der Waals surface area contributed by atoms with E-state index in [-0.39, 0.29) is 5.91 Å². The summed E-state index contributed by atoms with van der Waals surface area (Å²) < 4.78 is 7.54. The van der Waals surface area contributed by atoms with Gasteiger partial charge in [-0.3, -0.25) is 4.79 Å². The Labute approximate surface area is 154 Å². The van der Waals surface area contributed by atoms with Gasteiger partial charge >= 0.3 is 0 Å². The van der Waals surface area contributed by atoms with Gasteiger partial charge in [-0.15, -0.1) is 10.2 Å². The lowest BCUT2D eigenvalue weighted by molar-refractivity contribution is -0.116. The molecule has 1 aromatic heterocycles. The second-order valence-electron chi connectivity index (χ2n) is 6.61. The lowest BCUT2D eigenvalue weighted by Gasteiger charge is -2.07. The fourth-order valence-electron chi connectivity index (χ4n) is 3.24. The van der Waals surface area contributed by atoms with Gasteiger partial charge in [0.1, 0.15) is 17.4 Å². The predicted octanol–water partition coefficient (Wildman–Crippen LogP) is 2.69. The summed E-state index contributed by atoms with van der Waals surface area (Å²) in [6, 6.07) is 5.88. The summed E-state index contributed by atoms with van der Waals surface area (Å²) in [5.41, 5.74) is 2.02. The largest absolute Gasteiger partial charge is 0.496 e. The van der Waals surface area contributed by atoms with Crippen LogP contribution in [0.4, 0.5) is 0 Å². The molecule has 0 bridgehead atoms. The minimum Gasteiger partial charge on any atom is -0.496 e. The van der Waals surface area contributed by atoms with Crippen molar-refractivity contribution >= 4 is 12.0 Å². The average molecular weight is 354 g/mol. The molecule has 1 N–H and O–H groups in total. The van der Waals surface area contributed by atoms with Gasteiger partial charge in [-0.05, 0) is 38.0 Å². The van der Waals surface area contributed by atoms with Crippen molar-refractivity contribution in [2.75, 3.05) is 13.7 Å². The third-order valence-corrected chi connectivity index (χ3v) is 4.63. The zero-order valence-corrected chi connectivity index (χ0v) is 15.5. The Morgan fingerprint density at radius 1 is 1.31 bits per heavy atom. The second kappa shape index (κ2) is 8.65. The summed E-state index contributed by atoms with van der Waals surface area (Å²) in [5.74, 6) is 2.68. The minimum absolute atomic E-state index is 0.121. The third-order valence-electron chi connectivity index (χ3n) is 4.63. The molecule has 6 heteroatoms. The molecule has 1 amide bonds. The topological polar surface area (TPSA) is 69.0 Å². The molecule has 26 heavy (non-hydrogen) atoms. The molecule has 0 saturated heterocycles. The molecular formula is C20H26N4O2. The number of hydrogen-bond acceptors (Lipinski definition) is 4. The van der Waals surface area contributed by atoms with E-state index in [4.69, 9.17) is 4.74 Å². The van der Waals surface area contributed by atoms with Crippen LogP contribution in [-0.2, 0) is 24.2 Å². The average Bonchev–Trinajstić information content (AvgIpc) is 2.87. The van der Waals surface area contributed by atoms with Crippen molar-refractivity contribution in [3.8, 4) is 5.75 Å². The van der Waals surface area contributed by atoms with Crippen LogP contribution in [0.3, 0.4) is 0 Å². The van der Waals surface area contributed by atoms with Gasteiger partial charge in [0.25, 0.3) is 0 Å². The van der Waals surface area contributed by atoms with Crippen LogP contribution >= 0.6 is 0 Å². The van der Waals surface area contributed by atoms with Crippen LogP contribution in [0.5, 0.6) is 5.75 Å². The number of benzene rings is 1. The van der Waals surface area contributed by atoms with E-state index in [1.54, 1.807) is 19.3 Å². The van der Waals surface area contributed by atoms with Crippen molar-refractivity contribution in [3.05, 3.63) is 47.1 Å². The molecule has 1 aliphatic heterocycles. The van der Waals surface area contributed by atoms with Crippen LogP contribution in [0.25, 0.3) is 6.08 Å². The predicted molar refractivity (Wildman–Crippen MR) is 101 cm³/mol. The van der Waals surface area contributed by atoms with Crippen molar-refractivity contribution in [1.82, 2.24) is 20.1 Å². The fraction of sp³-hybridized carbons (Fsp3) is 0.450. The van der Waals surface area contributed by atoms with Crippen molar-refractivity contribution in [2.24, 2.45) is 0 Å². The Kier molecular flexibility index (Phi) is 6.04. The molecule has 0 unspecified atom stereocenters. The molecule has 138 valence electrons. The number of aromatic nitrogens is 3. The van der Waals surface area contributed by atoms with Crippen LogP contribution in [0.15, 0.2) is 24.3 Å². The number of rotatable bonds is 6. The maximum absolute atomic E-state index is 12.1. The van der Waals surface area contributed by atoms with E-state index in [2.05, 4.69) is 20.1 Å². The van der Waals surface area contributed by atoms with E-state index < -0.39 is 0 Å². The molecule has 0 saturated carbocycles. The summed E-state index contributed by atoms with van der Waals surface area (Å²) in [6.45, 7) is 3.54. The number of hydrogen-bond donors (Lipinski definition) is 1. The number of amides is 1. The maximum atomic E-state index is 12.1. The normalized spacial score (nSPS) is 14.1. The maximum Gasteiger partial charge on any atom is 0.244 e. The Morgan fingerprint density at radius 2 is 2.19 bits per heavy atom. The Balaban J connectivity index is 1.54. The SMILES string of the molecule is COc1ccc(C)cc1/C=C/C(=O)NCCc1nnc2n1CCCCC2. The lowest BCUT2D eigenvalue weighted by Crippen LogP contribution is -2.24. The van der Waals surface area contributed by atoms with Crippen molar-refractivity contribution in [3.63, 3.8) is 0 Å². The van der Waals surface area contributed by atoms with Gasteiger partial charge < -0.3 is 14.6 Å². The molecule has 2 heterocycles. The van der Waals surface area contributed by atoms with E-state index in [1.807, 2.05) is 25.1 Å². The summed E-state index contributed by atoms with van der Waals surface area (Å²) >= 11 is 0. The lowest BCUT2D eigenvalue weighted by atomic mass is 10.1. The molecule has 6 nitrogen and oxygen atoms in total. The van der Waals surface area contributed by atoms with E-state index in [0.717, 1.165) is 41.5 Å². The molecule has 1 aliphatic rings. The summed E-state index contributed by atoms with van der Waals surface area (Å²) in [6.07, 6.45) is 8.62. The van der Waals surface area contributed by atoms with Crippen molar-refractivity contribution in [1.29, 1.82) is 0 Å². The zero-order chi connectivity index (χ0) is 18.4. The molecule has 0 radical (unpaired) electrons. The fourth-order valence-corrected chi connectivity index (χ4v) is 3.24. The Morgan fingerprint density at radius 3 is 3.04 bits per heavy atom. The van der Waals surface area contributed by atoms with Crippen LogP contribution in [0, 0.1) is 6.92 Å². The third kappa shape index (κ3) is 4.50. The molecule has 0 atom stereocenters. The number of carbonyl (C=O) groups excluding carboxylic acids is 1. The van der Waals surface area contributed by atoms with Gasteiger partial charge in [0.2, 0.25) is 5.91 Å². The molecular weight excluding hydrogens is 328 g/mol. The molecule has 2 aromatic rings. The number of ether oxygens (including phenoxy) is 1. The van der Waals surface area contributed by atoms with Gasteiger partial charge in [-0.2, -0.15) is 0 Å². The first-order valence-corrected chi connectivity index (χ1v) is 9.19. The number of carbonyl (C=O) groups is 1. The molecule has 0 aliphatic carbocycles. The van der Waals surface area contributed by atoms with Gasteiger partial charge in [-0.25, -0.2) is 0 Å². The van der Waals surface area contributed by atoms with E-state index in [9.17, 15) is 4.79 Å². The standard InChI is InChI=1S/C20H26N4O2/c1-15-7-9-17(26-2)16(14-15)8-10-20(25)21-12-11-19-23-22-18-6-4-3-5-13-24(18)19/h7-10,14H,3-6,11-13H2,1-2H3,(H,21,25)/b10-8+.